The van der Waals surface area contributed by atoms with Gasteiger partial charge in [-0.05, 0) is 58.7 Å². The number of aromatic carboxylic acids is 1. The van der Waals surface area contributed by atoms with Crippen molar-refractivity contribution < 1.29 is 14.7 Å². The first kappa shape index (κ1) is 14.3. The molecule has 102 valence electrons. The van der Waals surface area contributed by atoms with Crippen LogP contribution >= 0.6 is 15.9 Å². The molecule has 0 aliphatic carbocycles. The van der Waals surface area contributed by atoms with E-state index in [9.17, 15) is 9.59 Å². The smallest absolute Gasteiger partial charge is 0.335 e. The molecular formula is C15H12BrNO3. The molecule has 2 rings (SSSR count). The van der Waals surface area contributed by atoms with Crippen LogP contribution in [-0.4, -0.2) is 17.0 Å². The van der Waals surface area contributed by atoms with E-state index in [0.29, 0.717) is 11.3 Å². The van der Waals surface area contributed by atoms with Crippen molar-refractivity contribution >= 4 is 33.5 Å². The number of rotatable bonds is 3. The number of amides is 1. The molecule has 0 unspecified atom stereocenters. The van der Waals surface area contributed by atoms with Crippen LogP contribution in [0.25, 0.3) is 0 Å². The molecule has 0 bridgehead atoms. The van der Waals surface area contributed by atoms with E-state index in [4.69, 9.17) is 5.11 Å². The molecule has 0 saturated heterocycles. The fourth-order valence-electron chi connectivity index (χ4n) is 1.72. The third-order valence-corrected chi connectivity index (χ3v) is 3.88. The third-order valence-electron chi connectivity index (χ3n) is 2.83. The highest BCUT2D eigenvalue weighted by Crippen LogP contribution is 2.22. The van der Waals surface area contributed by atoms with Crippen molar-refractivity contribution in [3.8, 4) is 0 Å². The van der Waals surface area contributed by atoms with Gasteiger partial charge < -0.3 is 10.4 Å². The lowest BCUT2D eigenvalue weighted by atomic mass is 10.1. The SMILES string of the molecule is Cc1cccc(C(=O)Nc2ccc(C(=O)O)cc2)c1Br. The zero-order chi connectivity index (χ0) is 14.7. The van der Waals surface area contributed by atoms with Crippen LogP contribution < -0.4 is 5.32 Å². The average Bonchev–Trinajstić information content (AvgIpc) is 2.42. The largest absolute Gasteiger partial charge is 0.478 e. The molecule has 0 saturated carbocycles. The maximum Gasteiger partial charge on any atom is 0.335 e. The van der Waals surface area contributed by atoms with Crippen LogP contribution in [0.3, 0.4) is 0 Å². The second kappa shape index (κ2) is 5.88. The minimum absolute atomic E-state index is 0.180. The molecule has 0 heterocycles. The number of carbonyl (C=O) groups is 2. The highest BCUT2D eigenvalue weighted by Gasteiger charge is 2.11. The second-order valence-corrected chi connectivity index (χ2v) is 5.07. The number of benzene rings is 2. The zero-order valence-electron chi connectivity index (χ0n) is 10.7. The Kier molecular flexibility index (Phi) is 4.20. The lowest BCUT2D eigenvalue weighted by Gasteiger charge is -2.08. The number of anilines is 1. The van der Waals surface area contributed by atoms with Crippen LogP contribution in [0.5, 0.6) is 0 Å². The highest BCUT2D eigenvalue weighted by atomic mass is 79.9. The molecule has 1 amide bonds. The summed E-state index contributed by atoms with van der Waals surface area (Å²) in [5.74, 6) is -1.24. The lowest BCUT2D eigenvalue weighted by molar-refractivity contribution is 0.0696. The fraction of sp³-hybridized carbons (Fsp3) is 0.0667. The number of halogens is 1. The normalized spacial score (nSPS) is 10.1. The molecule has 0 aliphatic heterocycles. The first-order valence-corrected chi connectivity index (χ1v) is 6.68. The summed E-state index contributed by atoms with van der Waals surface area (Å²) in [4.78, 5) is 22.9. The van der Waals surface area contributed by atoms with E-state index in [0.717, 1.165) is 10.0 Å². The monoisotopic (exact) mass is 333 g/mol. The Balaban J connectivity index is 2.19. The standard InChI is InChI=1S/C15H12BrNO3/c1-9-3-2-4-12(13(9)16)14(18)17-11-7-5-10(6-8-11)15(19)20/h2-8H,1H3,(H,17,18)(H,19,20). The molecule has 0 spiro atoms. The molecule has 0 radical (unpaired) electrons. The summed E-state index contributed by atoms with van der Waals surface area (Å²) in [6.45, 7) is 1.91. The molecule has 2 aromatic rings. The van der Waals surface area contributed by atoms with E-state index in [1.54, 1.807) is 18.2 Å². The minimum Gasteiger partial charge on any atom is -0.478 e. The number of carboxylic acids is 1. The molecular weight excluding hydrogens is 322 g/mol. The van der Waals surface area contributed by atoms with Crippen LogP contribution in [0.15, 0.2) is 46.9 Å². The van der Waals surface area contributed by atoms with Crippen molar-refractivity contribution in [3.05, 3.63) is 63.6 Å². The molecule has 5 heteroatoms. The number of aryl methyl sites for hydroxylation is 1. The predicted molar refractivity (Wildman–Crippen MR) is 80.2 cm³/mol. The van der Waals surface area contributed by atoms with Gasteiger partial charge in [0.1, 0.15) is 0 Å². The molecule has 0 atom stereocenters. The van der Waals surface area contributed by atoms with Gasteiger partial charge in [-0.3, -0.25) is 4.79 Å². The van der Waals surface area contributed by atoms with Gasteiger partial charge in [-0.2, -0.15) is 0 Å². The second-order valence-electron chi connectivity index (χ2n) is 4.27. The first-order chi connectivity index (χ1) is 9.49. The van der Waals surface area contributed by atoms with Crippen molar-refractivity contribution in [1.29, 1.82) is 0 Å². The van der Waals surface area contributed by atoms with Gasteiger partial charge in [0.05, 0.1) is 11.1 Å². The Bertz CT molecular complexity index is 665. The lowest BCUT2D eigenvalue weighted by Crippen LogP contribution is -2.13. The van der Waals surface area contributed by atoms with Crippen molar-refractivity contribution in [1.82, 2.24) is 0 Å². The number of nitrogens with one attached hydrogen (secondary N) is 1. The quantitative estimate of drug-likeness (QED) is 0.899. The van der Waals surface area contributed by atoms with Crippen molar-refractivity contribution in [2.45, 2.75) is 6.92 Å². The molecule has 0 aliphatic rings. The van der Waals surface area contributed by atoms with Gasteiger partial charge in [0.15, 0.2) is 0 Å². The Hall–Kier alpha value is -2.14. The van der Waals surface area contributed by atoms with Crippen LogP contribution in [0.1, 0.15) is 26.3 Å². The summed E-state index contributed by atoms with van der Waals surface area (Å²) < 4.78 is 0.750. The summed E-state index contributed by atoms with van der Waals surface area (Å²) >= 11 is 3.39. The number of hydrogen-bond donors (Lipinski definition) is 2. The molecule has 0 aromatic heterocycles. The Morgan fingerprint density at radius 1 is 1.10 bits per heavy atom. The minimum atomic E-state index is -0.996. The van der Waals surface area contributed by atoms with Crippen LogP contribution in [0.4, 0.5) is 5.69 Å². The van der Waals surface area contributed by atoms with Crippen molar-refractivity contribution in [3.63, 3.8) is 0 Å². The Morgan fingerprint density at radius 2 is 1.75 bits per heavy atom. The molecule has 2 N–H and O–H groups in total. The van der Waals surface area contributed by atoms with E-state index < -0.39 is 5.97 Å². The number of carbonyl (C=O) groups excluding carboxylic acids is 1. The Morgan fingerprint density at radius 3 is 2.35 bits per heavy atom. The maximum atomic E-state index is 12.1. The van der Waals surface area contributed by atoms with E-state index in [-0.39, 0.29) is 11.5 Å². The summed E-state index contributed by atoms with van der Waals surface area (Å²) in [7, 11) is 0. The van der Waals surface area contributed by atoms with Crippen molar-refractivity contribution in [2.75, 3.05) is 5.32 Å². The maximum absolute atomic E-state index is 12.1. The van der Waals surface area contributed by atoms with Gasteiger partial charge in [0.25, 0.3) is 5.91 Å². The van der Waals surface area contributed by atoms with Gasteiger partial charge in [0, 0.05) is 10.2 Å². The van der Waals surface area contributed by atoms with Gasteiger partial charge in [-0.1, -0.05) is 12.1 Å². The molecule has 0 fully saturated rings. The van der Waals surface area contributed by atoms with Gasteiger partial charge in [-0.25, -0.2) is 4.79 Å². The van der Waals surface area contributed by atoms with Crippen molar-refractivity contribution in [2.24, 2.45) is 0 Å². The Labute approximate surface area is 124 Å². The van der Waals surface area contributed by atoms with Gasteiger partial charge in [0.2, 0.25) is 0 Å². The number of hydrogen-bond acceptors (Lipinski definition) is 2. The van der Waals surface area contributed by atoms with Gasteiger partial charge in [-0.15, -0.1) is 0 Å². The first-order valence-electron chi connectivity index (χ1n) is 5.89. The summed E-state index contributed by atoms with van der Waals surface area (Å²) in [6, 6.07) is 11.5. The van der Waals surface area contributed by atoms with E-state index in [2.05, 4.69) is 21.2 Å². The zero-order valence-corrected chi connectivity index (χ0v) is 12.3. The average molecular weight is 334 g/mol. The third kappa shape index (κ3) is 3.05. The van der Waals surface area contributed by atoms with E-state index >= 15 is 0 Å². The van der Waals surface area contributed by atoms with Crippen LogP contribution in [0.2, 0.25) is 0 Å². The highest BCUT2D eigenvalue weighted by molar-refractivity contribution is 9.10. The van der Waals surface area contributed by atoms with E-state index in [1.165, 1.54) is 12.1 Å². The summed E-state index contributed by atoms with van der Waals surface area (Å²) in [5.41, 5.74) is 2.24. The predicted octanol–water partition coefficient (Wildman–Crippen LogP) is 3.71. The molecule has 4 nitrogen and oxygen atoms in total. The molecule has 2 aromatic carbocycles. The fourth-order valence-corrected chi connectivity index (χ4v) is 2.16. The van der Waals surface area contributed by atoms with Crippen LogP contribution in [-0.2, 0) is 0 Å². The summed E-state index contributed by atoms with van der Waals surface area (Å²) in [5, 5.41) is 11.5. The van der Waals surface area contributed by atoms with Gasteiger partial charge >= 0.3 is 5.97 Å². The van der Waals surface area contributed by atoms with Crippen LogP contribution in [0, 0.1) is 6.92 Å². The number of carboxylic acid groups (broad SMARTS) is 1. The molecule has 20 heavy (non-hydrogen) atoms. The van der Waals surface area contributed by atoms with E-state index in [1.807, 2.05) is 19.1 Å². The summed E-state index contributed by atoms with van der Waals surface area (Å²) in [6.07, 6.45) is 0. The topological polar surface area (TPSA) is 66.4 Å².